The Hall–Kier alpha value is -1.74. The van der Waals surface area contributed by atoms with Gasteiger partial charge in [0, 0.05) is 27.5 Å². The highest BCUT2D eigenvalue weighted by Crippen LogP contribution is 2.36. The van der Waals surface area contributed by atoms with E-state index in [9.17, 15) is 4.79 Å². The first kappa shape index (κ1) is 12.3. The maximum Gasteiger partial charge on any atom is 0.163 e. The maximum atomic E-state index is 11.8. The van der Waals surface area contributed by atoms with E-state index < -0.39 is 0 Å². The van der Waals surface area contributed by atoms with Crippen LogP contribution in [0.25, 0.3) is 0 Å². The van der Waals surface area contributed by atoms with Crippen LogP contribution >= 0.6 is 11.8 Å². The number of Topliss-reactive ketones (excluding diaryl/α,β-unsaturated/α-hetero) is 1. The summed E-state index contributed by atoms with van der Waals surface area (Å²) in [6.45, 7) is 2.07. The molecule has 96 valence electrons. The third-order valence-electron chi connectivity index (χ3n) is 3.37. The average molecular weight is 269 g/mol. The van der Waals surface area contributed by atoms with E-state index in [1.807, 2.05) is 18.2 Å². The van der Waals surface area contributed by atoms with E-state index in [1.165, 1.54) is 5.56 Å². The molecule has 0 bridgehead atoms. The summed E-state index contributed by atoms with van der Waals surface area (Å²) in [7, 11) is 0. The van der Waals surface area contributed by atoms with Crippen LogP contribution in [0, 0.1) is 6.92 Å². The maximum absolute atomic E-state index is 11.8. The summed E-state index contributed by atoms with van der Waals surface area (Å²) in [6, 6.07) is 12.2. The Labute approximate surface area is 117 Å². The second kappa shape index (κ2) is 4.74. The summed E-state index contributed by atoms with van der Waals surface area (Å²) in [6.07, 6.45) is 1.45. The van der Waals surface area contributed by atoms with Gasteiger partial charge in [-0.1, -0.05) is 29.5 Å². The lowest BCUT2D eigenvalue weighted by molar-refractivity contribution is 0.0994. The van der Waals surface area contributed by atoms with Gasteiger partial charge in [0.2, 0.25) is 0 Å². The molecule has 2 aromatic carbocycles. The number of carbonyl (C=O) groups is 1. The van der Waals surface area contributed by atoms with Crippen molar-refractivity contribution in [3.63, 3.8) is 0 Å². The van der Waals surface area contributed by atoms with Gasteiger partial charge in [0.1, 0.15) is 0 Å². The number of nitrogens with two attached hydrogens (primary N) is 1. The largest absolute Gasteiger partial charge is 0.398 e. The molecule has 0 spiro atoms. The van der Waals surface area contributed by atoms with Gasteiger partial charge in [0.15, 0.2) is 5.78 Å². The SMILES string of the molecule is Cc1cccc(Sc2cc3c(cc2N)CCC3=O)c1. The van der Waals surface area contributed by atoms with Crippen LogP contribution in [0.1, 0.15) is 27.9 Å². The van der Waals surface area contributed by atoms with E-state index in [-0.39, 0.29) is 5.78 Å². The van der Waals surface area contributed by atoms with Crippen molar-refractivity contribution in [2.24, 2.45) is 0 Å². The quantitative estimate of drug-likeness (QED) is 0.842. The van der Waals surface area contributed by atoms with Gasteiger partial charge in [-0.2, -0.15) is 0 Å². The van der Waals surface area contributed by atoms with Gasteiger partial charge >= 0.3 is 0 Å². The van der Waals surface area contributed by atoms with Crippen LogP contribution in [0.5, 0.6) is 0 Å². The van der Waals surface area contributed by atoms with Gasteiger partial charge < -0.3 is 5.73 Å². The Morgan fingerprint density at radius 2 is 2.00 bits per heavy atom. The molecular weight excluding hydrogens is 254 g/mol. The summed E-state index contributed by atoms with van der Waals surface area (Å²) < 4.78 is 0. The summed E-state index contributed by atoms with van der Waals surface area (Å²) in [5.41, 5.74) is 10.0. The second-order valence-electron chi connectivity index (χ2n) is 4.89. The fraction of sp³-hybridized carbons (Fsp3) is 0.188. The minimum absolute atomic E-state index is 0.237. The number of rotatable bonds is 2. The summed E-state index contributed by atoms with van der Waals surface area (Å²) in [4.78, 5) is 13.9. The van der Waals surface area contributed by atoms with Crippen molar-refractivity contribution in [2.75, 3.05) is 5.73 Å². The van der Waals surface area contributed by atoms with Gasteiger partial charge in [0.05, 0.1) is 0 Å². The Kier molecular flexibility index (Phi) is 3.07. The third-order valence-corrected chi connectivity index (χ3v) is 4.44. The van der Waals surface area contributed by atoms with E-state index in [1.54, 1.807) is 11.8 Å². The van der Waals surface area contributed by atoms with Crippen LogP contribution in [0.15, 0.2) is 46.2 Å². The van der Waals surface area contributed by atoms with Crippen molar-refractivity contribution < 1.29 is 4.79 Å². The Morgan fingerprint density at radius 1 is 1.16 bits per heavy atom. The Morgan fingerprint density at radius 3 is 2.79 bits per heavy atom. The minimum Gasteiger partial charge on any atom is -0.398 e. The molecule has 19 heavy (non-hydrogen) atoms. The van der Waals surface area contributed by atoms with Gasteiger partial charge in [-0.15, -0.1) is 0 Å². The van der Waals surface area contributed by atoms with Crippen molar-refractivity contribution in [2.45, 2.75) is 29.6 Å². The molecule has 3 rings (SSSR count). The molecule has 1 aliphatic rings. The molecule has 0 saturated heterocycles. The number of ketones is 1. The molecule has 0 heterocycles. The predicted molar refractivity (Wildman–Crippen MR) is 78.8 cm³/mol. The molecule has 0 atom stereocenters. The molecule has 2 nitrogen and oxygen atoms in total. The molecule has 3 heteroatoms. The first-order valence-corrected chi connectivity index (χ1v) is 7.15. The smallest absolute Gasteiger partial charge is 0.163 e. The molecule has 0 unspecified atom stereocenters. The van der Waals surface area contributed by atoms with E-state index >= 15 is 0 Å². The number of hydrogen-bond donors (Lipinski definition) is 1. The first-order chi connectivity index (χ1) is 9.13. The van der Waals surface area contributed by atoms with Crippen molar-refractivity contribution in [3.05, 3.63) is 53.1 Å². The van der Waals surface area contributed by atoms with Crippen LogP contribution in [0.3, 0.4) is 0 Å². The molecule has 2 N–H and O–H groups in total. The molecule has 0 amide bonds. The zero-order valence-corrected chi connectivity index (χ0v) is 11.6. The zero-order valence-electron chi connectivity index (χ0n) is 10.8. The highest BCUT2D eigenvalue weighted by atomic mass is 32.2. The lowest BCUT2D eigenvalue weighted by Gasteiger charge is -2.08. The number of fused-ring (bicyclic) bond motifs is 1. The summed E-state index contributed by atoms with van der Waals surface area (Å²) in [5.74, 6) is 0.237. The lowest BCUT2D eigenvalue weighted by atomic mass is 10.1. The van der Waals surface area contributed by atoms with Crippen LogP contribution < -0.4 is 5.73 Å². The third kappa shape index (κ3) is 2.38. The predicted octanol–water partition coefficient (Wildman–Crippen LogP) is 3.86. The molecule has 0 aliphatic heterocycles. The van der Waals surface area contributed by atoms with Gasteiger partial charge in [0.25, 0.3) is 0 Å². The first-order valence-electron chi connectivity index (χ1n) is 6.33. The fourth-order valence-electron chi connectivity index (χ4n) is 2.39. The number of carbonyl (C=O) groups excluding carboxylic acids is 1. The van der Waals surface area contributed by atoms with Crippen LogP contribution in [-0.4, -0.2) is 5.78 Å². The molecule has 0 fully saturated rings. The normalized spacial score (nSPS) is 13.6. The van der Waals surface area contributed by atoms with Crippen LogP contribution in [0.4, 0.5) is 5.69 Å². The minimum atomic E-state index is 0.237. The molecule has 0 saturated carbocycles. The molecular formula is C16H15NOS. The second-order valence-corrected chi connectivity index (χ2v) is 6.00. The monoisotopic (exact) mass is 269 g/mol. The number of benzene rings is 2. The average Bonchev–Trinajstić information content (AvgIpc) is 2.71. The molecule has 1 aliphatic carbocycles. The molecule has 2 aromatic rings. The number of aryl methyl sites for hydroxylation is 2. The summed E-state index contributed by atoms with van der Waals surface area (Å²) in [5, 5.41) is 0. The van der Waals surface area contributed by atoms with E-state index in [0.29, 0.717) is 6.42 Å². The van der Waals surface area contributed by atoms with E-state index in [0.717, 1.165) is 33.0 Å². The topological polar surface area (TPSA) is 43.1 Å². The van der Waals surface area contributed by atoms with Gasteiger partial charge in [-0.25, -0.2) is 0 Å². The van der Waals surface area contributed by atoms with Crippen LogP contribution in [0.2, 0.25) is 0 Å². The van der Waals surface area contributed by atoms with Crippen molar-refractivity contribution >= 4 is 23.2 Å². The Balaban J connectivity index is 1.97. The standard InChI is InChI=1S/C16H15NOS/c1-10-3-2-4-12(7-10)19-16-9-13-11(8-14(16)17)5-6-15(13)18/h2-4,7-9H,5-6,17H2,1H3. The lowest BCUT2D eigenvalue weighted by Crippen LogP contribution is -1.95. The highest BCUT2D eigenvalue weighted by Gasteiger charge is 2.21. The van der Waals surface area contributed by atoms with Gasteiger partial charge in [-0.05, 0) is 43.2 Å². The number of hydrogen-bond acceptors (Lipinski definition) is 3. The van der Waals surface area contributed by atoms with Crippen molar-refractivity contribution in [1.82, 2.24) is 0 Å². The van der Waals surface area contributed by atoms with E-state index in [2.05, 4.69) is 25.1 Å². The number of anilines is 1. The van der Waals surface area contributed by atoms with Crippen LogP contribution in [-0.2, 0) is 6.42 Å². The molecule has 0 radical (unpaired) electrons. The summed E-state index contributed by atoms with van der Waals surface area (Å²) >= 11 is 1.62. The zero-order chi connectivity index (χ0) is 13.4. The highest BCUT2D eigenvalue weighted by molar-refractivity contribution is 7.99. The molecule has 0 aromatic heterocycles. The number of nitrogen functional groups attached to an aromatic ring is 1. The van der Waals surface area contributed by atoms with Gasteiger partial charge in [-0.3, -0.25) is 4.79 Å². The van der Waals surface area contributed by atoms with Crippen molar-refractivity contribution in [1.29, 1.82) is 0 Å². The van der Waals surface area contributed by atoms with E-state index in [4.69, 9.17) is 5.73 Å². The fourth-order valence-corrected chi connectivity index (χ4v) is 3.39. The van der Waals surface area contributed by atoms with Crippen molar-refractivity contribution in [3.8, 4) is 0 Å². The Bertz CT molecular complexity index is 664.